The number of hydrogen-bond acceptors (Lipinski definition) is 2. The molecular formula is C14H24N2O2. The molecule has 0 bridgehead atoms. The highest BCUT2D eigenvalue weighted by molar-refractivity contribution is 5.96. The topological polar surface area (TPSA) is 49.4 Å². The van der Waals surface area contributed by atoms with Crippen molar-refractivity contribution in [1.82, 2.24) is 10.2 Å². The Kier molecular flexibility index (Phi) is 3.39. The van der Waals surface area contributed by atoms with Crippen LogP contribution >= 0.6 is 0 Å². The van der Waals surface area contributed by atoms with Crippen LogP contribution in [0.2, 0.25) is 0 Å². The predicted octanol–water partition coefficient (Wildman–Crippen LogP) is 1.55. The predicted molar refractivity (Wildman–Crippen MR) is 69.9 cm³/mol. The van der Waals surface area contributed by atoms with Gasteiger partial charge in [0, 0.05) is 6.54 Å². The van der Waals surface area contributed by atoms with Gasteiger partial charge < -0.3 is 10.2 Å². The molecule has 1 saturated heterocycles. The molecule has 0 aromatic rings. The lowest BCUT2D eigenvalue weighted by Gasteiger charge is -2.47. The molecule has 18 heavy (non-hydrogen) atoms. The number of piperazine rings is 1. The van der Waals surface area contributed by atoms with Crippen LogP contribution in [0.1, 0.15) is 47.0 Å². The van der Waals surface area contributed by atoms with E-state index in [2.05, 4.69) is 12.2 Å². The van der Waals surface area contributed by atoms with Crippen molar-refractivity contribution in [3.8, 4) is 0 Å². The Balaban J connectivity index is 2.19. The van der Waals surface area contributed by atoms with Gasteiger partial charge in [0.15, 0.2) is 0 Å². The van der Waals surface area contributed by atoms with Gasteiger partial charge in [-0.2, -0.15) is 0 Å². The van der Waals surface area contributed by atoms with Gasteiger partial charge in [-0.05, 0) is 31.1 Å². The summed E-state index contributed by atoms with van der Waals surface area (Å²) in [6, 6.07) is -0.678. The monoisotopic (exact) mass is 252 g/mol. The van der Waals surface area contributed by atoms with Gasteiger partial charge in [-0.25, -0.2) is 0 Å². The number of rotatable bonds is 3. The zero-order valence-corrected chi connectivity index (χ0v) is 11.8. The second-order valence-corrected chi connectivity index (χ2v) is 6.55. The highest BCUT2D eigenvalue weighted by atomic mass is 16.2. The molecule has 1 aliphatic heterocycles. The van der Waals surface area contributed by atoms with Crippen molar-refractivity contribution >= 4 is 11.8 Å². The number of carbonyl (C=O) groups is 2. The molecule has 2 unspecified atom stereocenters. The standard InChI is InChI=1S/C14H24N2O2/c1-9(2)11-12(17)15-10(3)13(18)16(11)8-14(4)6-5-7-14/h9-11H,5-8H2,1-4H3,(H,15,17). The van der Waals surface area contributed by atoms with Crippen LogP contribution in [-0.4, -0.2) is 35.3 Å². The minimum atomic E-state index is -0.379. The average Bonchev–Trinajstić information content (AvgIpc) is 2.22. The van der Waals surface area contributed by atoms with E-state index in [9.17, 15) is 9.59 Å². The van der Waals surface area contributed by atoms with Gasteiger partial charge in [0.25, 0.3) is 0 Å². The molecule has 0 aromatic carbocycles. The summed E-state index contributed by atoms with van der Waals surface area (Å²) in [7, 11) is 0. The van der Waals surface area contributed by atoms with E-state index in [1.165, 1.54) is 6.42 Å². The maximum atomic E-state index is 12.3. The molecule has 2 aliphatic rings. The fourth-order valence-corrected chi connectivity index (χ4v) is 3.08. The van der Waals surface area contributed by atoms with Crippen molar-refractivity contribution in [3.05, 3.63) is 0 Å². The van der Waals surface area contributed by atoms with Crippen molar-refractivity contribution in [3.63, 3.8) is 0 Å². The summed E-state index contributed by atoms with van der Waals surface area (Å²) in [5.74, 6) is 0.228. The van der Waals surface area contributed by atoms with Crippen molar-refractivity contribution in [2.24, 2.45) is 11.3 Å². The van der Waals surface area contributed by atoms with Crippen LogP contribution in [0.15, 0.2) is 0 Å². The van der Waals surface area contributed by atoms with Gasteiger partial charge in [0.2, 0.25) is 11.8 Å². The summed E-state index contributed by atoms with van der Waals surface area (Å²) in [5.41, 5.74) is 0.222. The first kappa shape index (κ1) is 13.4. The lowest BCUT2D eigenvalue weighted by molar-refractivity contribution is -0.153. The van der Waals surface area contributed by atoms with Gasteiger partial charge in [-0.1, -0.05) is 27.2 Å². The third-order valence-electron chi connectivity index (χ3n) is 4.36. The second kappa shape index (κ2) is 4.56. The first-order valence-corrected chi connectivity index (χ1v) is 6.95. The van der Waals surface area contributed by atoms with Crippen LogP contribution in [-0.2, 0) is 9.59 Å². The lowest BCUT2D eigenvalue weighted by atomic mass is 9.69. The van der Waals surface area contributed by atoms with Crippen LogP contribution in [0.3, 0.4) is 0 Å². The molecule has 0 aromatic heterocycles. The quantitative estimate of drug-likeness (QED) is 0.828. The van der Waals surface area contributed by atoms with Crippen molar-refractivity contribution in [1.29, 1.82) is 0 Å². The van der Waals surface area contributed by atoms with E-state index in [4.69, 9.17) is 0 Å². The first-order valence-electron chi connectivity index (χ1n) is 6.95. The maximum absolute atomic E-state index is 12.3. The third-order valence-corrected chi connectivity index (χ3v) is 4.36. The number of nitrogens with one attached hydrogen (secondary N) is 1. The Morgan fingerprint density at radius 3 is 2.44 bits per heavy atom. The largest absolute Gasteiger partial charge is 0.343 e. The van der Waals surface area contributed by atoms with E-state index in [1.54, 1.807) is 6.92 Å². The van der Waals surface area contributed by atoms with E-state index < -0.39 is 0 Å². The zero-order valence-electron chi connectivity index (χ0n) is 11.8. The molecule has 2 fully saturated rings. The minimum absolute atomic E-state index is 0.0000217. The second-order valence-electron chi connectivity index (χ2n) is 6.55. The SMILES string of the molecule is CC1NC(=O)C(C(C)C)N(CC2(C)CCC2)C1=O. The Bertz CT molecular complexity index is 361. The molecule has 102 valence electrons. The van der Waals surface area contributed by atoms with E-state index in [0.717, 1.165) is 19.4 Å². The van der Waals surface area contributed by atoms with Gasteiger partial charge >= 0.3 is 0 Å². The van der Waals surface area contributed by atoms with Crippen LogP contribution in [0.4, 0.5) is 0 Å². The maximum Gasteiger partial charge on any atom is 0.245 e. The smallest absolute Gasteiger partial charge is 0.245 e. The summed E-state index contributed by atoms with van der Waals surface area (Å²) in [6.45, 7) is 8.73. The van der Waals surface area contributed by atoms with Crippen molar-refractivity contribution in [2.75, 3.05) is 6.54 Å². The van der Waals surface area contributed by atoms with Crippen molar-refractivity contribution in [2.45, 2.75) is 59.0 Å². The van der Waals surface area contributed by atoms with Gasteiger partial charge in [0.05, 0.1) is 0 Å². The summed E-state index contributed by atoms with van der Waals surface area (Å²) in [5, 5.41) is 2.78. The van der Waals surface area contributed by atoms with Gasteiger partial charge in [-0.3, -0.25) is 9.59 Å². The van der Waals surface area contributed by atoms with Crippen molar-refractivity contribution < 1.29 is 9.59 Å². The minimum Gasteiger partial charge on any atom is -0.343 e. The van der Waals surface area contributed by atoms with Crippen LogP contribution in [0, 0.1) is 11.3 Å². The summed E-state index contributed by atoms with van der Waals surface area (Å²) in [6.07, 6.45) is 3.57. The molecule has 1 heterocycles. The number of nitrogens with zero attached hydrogens (tertiary/aromatic N) is 1. The summed E-state index contributed by atoms with van der Waals surface area (Å²) >= 11 is 0. The average molecular weight is 252 g/mol. The summed E-state index contributed by atoms with van der Waals surface area (Å²) < 4.78 is 0. The fourth-order valence-electron chi connectivity index (χ4n) is 3.08. The number of carbonyl (C=O) groups excluding carboxylic acids is 2. The van der Waals surface area contributed by atoms with E-state index >= 15 is 0 Å². The molecule has 2 amide bonds. The highest BCUT2D eigenvalue weighted by Gasteiger charge is 2.44. The van der Waals surface area contributed by atoms with Crippen LogP contribution < -0.4 is 5.32 Å². The van der Waals surface area contributed by atoms with Gasteiger partial charge in [-0.15, -0.1) is 0 Å². The molecule has 4 nitrogen and oxygen atoms in total. The molecule has 1 N–H and O–H groups in total. The number of hydrogen-bond donors (Lipinski definition) is 1. The van der Waals surface area contributed by atoms with Crippen LogP contribution in [0.5, 0.6) is 0 Å². The highest BCUT2D eigenvalue weighted by Crippen LogP contribution is 2.41. The third kappa shape index (κ3) is 2.25. The Hall–Kier alpha value is -1.06. The van der Waals surface area contributed by atoms with E-state index in [-0.39, 0.29) is 35.2 Å². The summed E-state index contributed by atoms with van der Waals surface area (Å²) in [4.78, 5) is 26.2. The van der Waals surface area contributed by atoms with E-state index in [0.29, 0.717) is 0 Å². The Labute approximate surface area is 109 Å². The lowest BCUT2D eigenvalue weighted by Crippen LogP contribution is -2.65. The van der Waals surface area contributed by atoms with Gasteiger partial charge in [0.1, 0.15) is 12.1 Å². The molecule has 2 rings (SSSR count). The molecule has 4 heteroatoms. The zero-order chi connectivity index (χ0) is 13.5. The fraction of sp³-hybridized carbons (Fsp3) is 0.857. The van der Waals surface area contributed by atoms with Crippen LogP contribution in [0.25, 0.3) is 0 Å². The van der Waals surface area contributed by atoms with E-state index in [1.807, 2.05) is 18.7 Å². The molecule has 0 radical (unpaired) electrons. The first-order chi connectivity index (χ1) is 8.34. The Morgan fingerprint density at radius 2 is 2.00 bits per heavy atom. The molecule has 2 atom stereocenters. The number of amides is 2. The molecule has 1 saturated carbocycles. The molecule has 1 aliphatic carbocycles. The normalized spacial score (nSPS) is 31.3. The Morgan fingerprint density at radius 1 is 1.39 bits per heavy atom. The molecule has 0 spiro atoms. The molecular weight excluding hydrogens is 228 g/mol.